The number of hydrogen-bond acceptors (Lipinski definition) is 3. The van der Waals surface area contributed by atoms with Crippen LogP contribution >= 0.6 is 11.8 Å². The molecule has 0 N–H and O–H groups in total. The number of nitrogens with zero attached hydrogens (tertiary/aromatic N) is 2. The van der Waals surface area contributed by atoms with Gasteiger partial charge >= 0.3 is 0 Å². The fourth-order valence-corrected chi connectivity index (χ4v) is 4.36. The van der Waals surface area contributed by atoms with Crippen molar-refractivity contribution in [2.45, 2.75) is 25.0 Å². The van der Waals surface area contributed by atoms with E-state index < -0.39 is 0 Å². The molecule has 3 rings (SSSR count). The second-order valence-corrected chi connectivity index (χ2v) is 7.87. The Bertz CT molecular complexity index is 581. The third-order valence-electron chi connectivity index (χ3n) is 4.84. The number of thioether (sulfide) groups is 1. The summed E-state index contributed by atoms with van der Waals surface area (Å²) >= 11 is 2.04. The molecular formula is C22H30N2S. The molecule has 1 fully saturated rings. The van der Waals surface area contributed by atoms with Gasteiger partial charge in [0.1, 0.15) is 0 Å². The molecule has 0 aliphatic carbocycles. The summed E-state index contributed by atoms with van der Waals surface area (Å²) in [7, 11) is 0. The van der Waals surface area contributed by atoms with Crippen LogP contribution in [-0.2, 0) is 5.75 Å². The molecule has 3 heteroatoms. The molecule has 0 spiro atoms. The van der Waals surface area contributed by atoms with Crippen LogP contribution in [0.3, 0.4) is 0 Å². The number of anilines is 1. The Kier molecular flexibility index (Phi) is 7.72. The van der Waals surface area contributed by atoms with Crippen LogP contribution in [-0.4, -0.2) is 43.4 Å². The van der Waals surface area contributed by atoms with Crippen LogP contribution in [0.25, 0.3) is 0 Å². The van der Waals surface area contributed by atoms with Gasteiger partial charge in [0.05, 0.1) is 0 Å². The molecular weight excluding hydrogens is 324 g/mol. The van der Waals surface area contributed by atoms with Crippen molar-refractivity contribution in [2.24, 2.45) is 0 Å². The molecule has 2 nitrogen and oxygen atoms in total. The van der Waals surface area contributed by atoms with Gasteiger partial charge in [0, 0.05) is 30.3 Å². The lowest BCUT2D eigenvalue weighted by Gasteiger charge is -2.26. The third kappa shape index (κ3) is 6.41. The zero-order valence-electron chi connectivity index (χ0n) is 15.1. The van der Waals surface area contributed by atoms with Crippen LogP contribution in [0.15, 0.2) is 60.7 Å². The predicted molar refractivity (Wildman–Crippen MR) is 112 cm³/mol. The van der Waals surface area contributed by atoms with Crippen LogP contribution in [0.4, 0.5) is 5.69 Å². The number of hydrogen-bond donors (Lipinski definition) is 0. The Morgan fingerprint density at radius 2 is 1.52 bits per heavy atom. The highest BCUT2D eigenvalue weighted by Crippen LogP contribution is 2.17. The van der Waals surface area contributed by atoms with E-state index in [1.807, 2.05) is 11.8 Å². The Hall–Kier alpha value is -1.45. The van der Waals surface area contributed by atoms with Gasteiger partial charge in [-0.25, -0.2) is 0 Å². The average Bonchev–Trinajstić information content (AvgIpc) is 3.19. The molecule has 1 aliphatic heterocycles. The van der Waals surface area contributed by atoms with Crippen LogP contribution in [0.1, 0.15) is 24.8 Å². The maximum atomic E-state index is 2.62. The Morgan fingerprint density at radius 1 is 0.840 bits per heavy atom. The topological polar surface area (TPSA) is 6.48 Å². The van der Waals surface area contributed by atoms with E-state index >= 15 is 0 Å². The van der Waals surface area contributed by atoms with Gasteiger partial charge in [-0.2, -0.15) is 11.8 Å². The Balaban J connectivity index is 1.44. The molecule has 0 bridgehead atoms. The highest BCUT2D eigenvalue weighted by atomic mass is 32.2. The van der Waals surface area contributed by atoms with Gasteiger partial charge in [0.15, 0.2) is 0 Å². The first-order valence-corrected chi connectivity index (χ1v) is 10.7. The maximum absolute atomic E-state index is 2.62. The van der Waals surface area contributed by atoms with Gasteiger partial charge in [-0.15, -0.1) is 0 Å². The first-order valence-electron chi connectivity index (χ1n) is 9.56. The van der Waals surface area contributed by atoms with Crippen molar-refractivity contribution in [1.29, 1.82) is 0 Å². The summed E-state index contributed by atoms with van der Waals surface area (Å²) in [6, 6.07) is 21.7. The van der Waals surface area contributed by atoms with Gasteiger partial charge in [-0.3, -0.25) is 0 Å². The lowest BCUT2D eigenvalue weighted by Crippen LogP contribution is -2.30. The largest absolute Gasteiger partial charge is 0.371 e. The van der Waals surface area contributed by atoms with Crippen LogP contribution in [0, 0.1) is 0 Å². The maximum Gasteiger partial charge on any atom is 0.0366 e. The highest BCUT2D eigenvalue weighted by Gasteiger charge is 2.12. The van der Waals surface area contributed by atoms with Crippen molar-refractivity contribution in [2.75, 3.05) is 43.4 Å². The Labute approximate surface area is 157 Å². The number of likely N-dealkylation sites (tertiary alicyclic amines) is 1. The molecule has 0 atom stereocenters. The van der Waals surface area contributed by atoms with E-state index in [4.69, 9.17) is 0 Å². The van der Waals surface area contributed by atoms with Crippen molar-refractivity contribution in [3.63, 3.8) is 0 Å². The van der Waals surface area contributed by atoms with E-state index in [1.54, 1.807) is 0 Å². The van der Waals surface area contributed by atoms with E-state index in [0.717, 1.165) is 18.8 Å². The van der Waals surface area contributed by atoms with E-state index in [0.29, 0.717) is 0 Å². The minimum atomic E-state index is 1.11. The molecule has 2 aromatic rings. The minimum absolute atomic E-state index is 1.11. The summed E-state index contributed by atoms with van der Waals surface area (Å²) in [6.45, 7) is 6.14. The van der Waals surface area contributed by atoms with Crippen molar-refractivity contribution in [3.05, 3.63) is 66.2 Å². The number of rotatable bonds is 10. The molecule has 1 aliphatic rings. The summed E-state index contributed by atoms with van der Waals surface area (Å²) in [4.78, 5) is 5.18. The van der Waals surface area contributed by atoms with Gasteiger partial charge in [0.25, 0.3) is 0 Å². The van der Waals surface area contributed by atoms with E-state index in [1.165, 1.54) is 55.9 Å². The molecule has 25 heavy (non-hydrogen) atoms. The second-order valence-electron chi connectivity index (χ2n) is 6.76. The van der Waals surface area contributed by atoms with Gasteiger partial charge in [-0.1, -0.05) is 48.5 Å². The SMILES string of the molecule is c1ccc(CSCCN(CCCN2CCCC2)c2ccccc2)cc1. The van der Waals surface area contributed by atoms with Crippen LogP contribution < -0.4 is 4.90 Å². The minimum Gasteiger partial charge on any atom is -0.371 e. The zero-order chi connectivity index (χ0) is 17.2. The van der Waals surface area contributed by atoms with Crippen molar-refractivity contribution >= 4 is 17.4 Å². The molecule has 0 radical (unpaired) electrons. The molecule has 1 saturated heterocycles. The number of benzene rings is 2. The van der Waals surface area contributed by atoms with Crippen LogP contribution in [0.2, 0.25) is 0 Å². The van der Waals surface area contributed by atoms with Crippen molar-refractivity contribution < 1.29 is 0 Å². The molecule has 134 valence electrons. The third-order valence-corrected chi connectivity index (χ3v) is 5.85. The van der Waals surface area contributed by atoms with Crippen LogP contribution in [0.5, 0.6) is 0 Å². The summed E-state index contributed by atoms with van der Waals surface area (Å²) in [5.41, 5.74) is 2.79. The summed E-state index contributed by atoms with van der Waals surface area (Å²) in [5.74, 6) is 2.28. The lowest BCUT2D eigenvalue weighted by molar-refractivity contribution is 0.334. The highest BCUT2D eigenvalue weighted by molar-refractivity contribution is 7.98. The van der Waals surface area contributed by atoms with Gasteiger partial charge < -0.3 is 9.80 Å². The average molecular weight is 355 g/mol. The fourth-order valence-electron chi connectivity index (χ4n) is 3.44. The predicted octanol–water partition coefficient (Wildman–Crippen LogP) is 4.91. The van der Waals surface area contributed by atoms with Gasteiger partial charge in [-0.05, 0) is 56.6 Å². The first kappa shape index (κ1) is 18.3. The standard InChI is InChI=1S/C22H30N2S/c1-3-10-21(11-4-1)20-25-19-18-24(22-12-5-2-6-13-22)17-9-16-23-14-7-8-15-23/h1-6,10-13H,7-9,14-20H2. The molecule has 0 aromatic heterocycles. The molecule has 1 heterocycles. The van der Waals surface area contributed by atoms with Crippen molar-refractivity contribution in [1.82, 2.24) is 4.90 Å². The second kappa shape index (κ2) is 10.5. The van der Waals surface area contributed by atoms with E-state index in [9.17, 15) is 0 Å². The number of para-hydroxylation sites is 1. The van der Waals surface area contributed by atoms with Crippen molar-refractivity contribution in [3.8, 4) is 0 Å². The van der Waals surface area contributed by atoms with E-state index in [-0.39, 0.29) is 0 Å². The molecule has 0 amide bonds. The summed E-state index contributed by atoms with van der Waals surface area (Å²) in [5, 5.41) is 0. The molecule has 0 saturated carbocycles. The van der Waals surface area contributed by atoms with Gasteiger partial charge in [0.2, 0.25) is 0 Å². The quantitative estimate of drug-likeness (QED) is 0.560. The fraction of sp³-hybridized carbons (Fsp3) is 0.455. The zero-order valence-corrected chi connectivity index (χ0v) is 16.0. The Morgan fingerprint density at radius 3 is 2.24 bits per heavy atom. The smallest absolute Gasteiger partial charge is 0.0366 e. The first-order chi connectivity index (χ1) is 12.4. The lowest BCUT2D eigenvalue weighted by atomic mass is 10.2. The normalized spacial score (nSPS) is 14.7. The molecule has 2 aromatic carbocycles. The summed E-state index contributed by atoms with van der Waals surface area (Å²) in [6.07, 6.45) is 4.04. The molecule has 0 unspecified atom stereocenters. The van der Waals surface area contributed by atoms with E-state index in [2.05, 4.69) is 70.5 Å². The summed E-state index contributed by atoms with van der Waals surface area (Å²) < 4.78 is 0. The monoisotopic (exact) mass is 354 g/mol.